The highest BCUT2D eigenvalue weighted by atomic mass is 79.9. The van der Waals surface area contributed by atoms with Gasteiger partial charge in [0.05, 0.1) is 17.7 Å². The molecule has 1 aromatic carbocycles. The molecule has 4 nitrogen and oxygen atoms in total. The van der Waals surface area contributed by atoms with Crippen molar-refractivity contribution in [2.45, 2.75) is 11.9 Å². The first kappa shape index (κ1) is 11.1. The zero-order valence-corrected chi connectivity index (χ0v) is 10.1. The number of esters is 2. The van der Waals surface area contributed by atoms with Gasteiger partial charge in [-0.15, -0.1) is 0 Å². The summed E-state index contributed by atoms with van der Waals surface area (Å²) >= 11 is 3.21. The lowest BCUT2D eigenvalue weighted by atomic mass is 10.1. The van der Waals surface area contributed by atoms with Crippen molar-refractivity contribution in [3.05, 3.63) is 34.9 Å². The molecule has 0 amide bonds. The molecule has 1 aliphatic rings. The van der Waals surface area contributed by atoms with Gasteiger partial charge in [0.1, 0.15) is 0 Å². The Morgan fingerprint density at radius 1 is 1.56 bits per heavy atom. The first-order valence-electron chi connectivity index (χ1n) is 4.79. The molecule has 2 rings (SSSR count). The first-order valence-corrected chi connectivity index (χ1v) is 5.71. The smallest absolute Gasteiger partial charge is 0.340 e. The maximum atomic E-state index is 11.4. The summed E-state index contributed by atoms with van der Waals surface area (Å²) in [6, 6.07) is 4.80. The molecule has 0 bridgehead atoms. The number of hydrogen-bond acceptors (Lipinski definition) is 4. The summed E-state index contributed by atoms with van der Waals surface area (Å²) in [7, 11) is 0. The lowest BCUT2D eigenvalue weighted by molar-refractivity contribution is 0.0525. The molecular formula is C11H9BrO4. The molecule has 1 heterocycles. The second-order valence-corrected chi connectivity index (χ2v) is 4.08. The predicted molar refractivity (Wildman–Crippen MR) is 59.5 cm³/mol. The third kappa shape index (κ3) is 1.82. The summed E-state index contributed by atoms with van der Waals surface area (Å²) < 4.78 is 9.80. The van der Waals surface area contributed by atoms with Crippen molar-refractivity contribution in [2.24, 2.45) is 0 Å². The van der Waals surface area contributed by atoms with Crippen LogP contribution in [0.15, 0.2) is 18.2 Å². The van der Waals surface area contributed by atoms with Gasteiger partial charge in [-0.3, -0.25) is 0 Å². The Morgan fingerprint density at radius 2 is 2.31 bits per heavy atom. The van der Waals surface area contributed by atoms with Crippen LogP contribution in [0.25, 0.3) is 0 Å². The molecule has 0 saturated carbocycles. The number of carbonyl (C=O) groups is 2. The van der Waals surface area contributed by atoms with E-state index in [4.69, 9.17) is 9.47 Å². The van der Waals surface area contributed by atoms with Gasteiger partial charge in [0, 0.05) is 5.56 Å². The summed E-state index contributed by atoms with van der Waals surface area (Å²) in [5, 5.41) is -0.425. The van der Waals surface area contributed by atoms with Gasteiger partial charge in [-0.05, 0) is 35.0 Å². The summed E-state index contributed by atoms with van der Waals surface area (Å²) in [6.07, 6.45) is 0. The third-order valence-corrected chi connectivity index (χ3v) is 2.92. The Morgan fingerprint density at radius 3 is 3.00 bits per heavy atom. The monoisotopic (exact) mass is 284 g/mol. The van der Waals surface area contributed by atoms with Gasteiger partial charge in [0.25, 0.3) is 0 Å². The summed E-state index contributed by atoms with van der Waals surface area (Å²) in [5.41, 5.74) is 1.50. The fraction of sp³-hybridized carbons (Fsp3) is 0.273. The predicted octanol–water partition coefficient (Wildman–Crippen LogP) is 2.43. The van der Waals surface area contributed by atoms with Crippen LogP contribution in [0.4, 0.5) is 0 Å². The third-order valence-electron chi connectivity index (χ3n) is 2.24. The van der Waals surface area contributed by atoms with Crippen LogP contribution in [0.1, 0.15) is 38.2 Å². The molecule has 0 aliphatic carbocycles. The van der Waals surface area contributed by atoms with E-state index >= 15 is 0 Å². The summed E-state index contributed by atoms with van der Waals surface area (Å²) in [4.78, 5) is 22.9. The summed E-state index contributed by atoms with van der Waals surface area (Å²) in [5.74, 6) is -0.862. The molecule has 0 spiro atoms. The number of benzene rings is 1. The first-order chi connectivity index (χ1) is 7.63. The van der Waals surface area contributed by atoms with Crippen LogP contribution in [0.2, 0.25) is 0 Å². The van der Waals surface area contributed by atoms with Gasteiger partial charge in [-0.2, -0.15) is 0 Å². The Hall–Kier alpha value is -1.36. The van der Waals surface area contributed by atoms with Crippen molar-refractivity contribution in [1.82, 2.24) is 0 Å². The Kier molecular flexibility index (Phi) is 2.96. The highest BCUT2D eigenvalue weighted by Gasteiger charge is 2.29. The SMILES string of the molecule is CCOC(=O)c1ccc2c(c1)C(=O)OC2Br. The van der Waals surface area contributed by atoms with E-state index in [0.717, 1.165) is 5.56 Å². The molecule has 5 heteroatoms. The fourth-order valence-electron chi connectivity index (χ4n) is 1.49. The lowest BCUT2D eigenvalue weighted by Crippen LogP contribution is -2.06. The average molecular weight is 285 g/mol. The Bertz CT molecular complexity index is 455. The number of hydrogen-bond donors (Lipinski definition) is 0. The van der Waals surface area contributed by atoms with E-state index in [1.165, 1.54) is 6.07 Å². The molecule has 1 aromatic rings. The van der Waals surface area contributed by atoms with E-state index in [9.17, 15) is 9.59 Å². The molecule has 1 unspecified atom stereocenters. The molecule has 1 atom stereocenters. The molecule has 0 saturated heterocycles. The topological polar surface area (TPSA) is 52.6 Å². The van der Waals surface area contributed by atoms with Crippen LogP contribution >= 0.6 is 15.9 Å². The number of ether oxygens (including phenoxy) is 2. The molecule has 16 heavy (non-hydrogen) atoms. The zero-order chi connectivity index (χ0) is 11.7. The van der Waals surface area contributed by atoms with Gasteiger partial charge in [0.15, 0.2) is 5.01 Å². The van der Waals surface area contributed by atoms with Gasteiger partial charge < -0.3 is 9.47 Å². The van der Waals surface area contributed by atoms with Crippen LogP contribution in [-0.2, 0) is 9.47 Å². The molecule has 0 radical (unpaired) electrons. The lowest BCUT2D eigenvalue weighted by Gasteiger charge is -2.03. The molecule has 0 fully saturated rings. The van der Waals surface area contributed by atoms with Crippen LogP contribution in [0, 0.1) is 0 Å². The van der Waals surface area contributed by atoms with Crippen molar-refractivity contribution in [3.8, 4) is 0 Å². The number of rotatable bonds is 2. The van der Waals surface area contributed by atoms with Crippen LogP contribution in [0.5, 0.6) is 0 Å². The highest BCUT2D eigenvalue weighted by molar-refractivity contribution is 9.09. The minimum atomic E-state index is -0.434. The Labute approximate surface area is 101 Å². The standard InChI is InChI=1S/C11H9BrO4/c1-2-15-10(13)6-3-4-7-8(5-6)11(14)16-9(7)12/h3-5,9H,2H2,1H3. The molecule has 84 valence electrons. The van der Waals surface area contributed by atoms with E-state index < -0.39 is 17.0 Å². The maximum Gasteiger partial charge on any atom is 0.340 e. The highest BCUT2D eigenvalue weighted by Crippen LogP contribution is 2.35. The number of cyclic esters (lactones) is 1. The number of alkyl halides is 1. The van der Waals surface area contributed by atoms with Crippen molar-refractivity contribution in [1.29, 1.82) is 0 Å². The second-order valence-electron chi connectivity index (χ2n) is 3.24. The van der Waals surface area contributed by atoms with E-state index in [1.54, 1.807) is 19.1 Å². The van der Waals surface area contributed by atoms with Crippen LogP contribution in [0.3, 0.4) is 0 Å². The van der Waals surface area contributed by atoms with E-state index in [-0.39, 0.29) is 0 Å². The zero-order valence-electron chi connectivity index (χ0n) is 8.53. The molecule has 0 N–H and O–H groups in total. The Balaban J connectivity index is 2.36. The summed E-state index contributed by atoms with van der Waals surface area (Å²) in [6.45, 7) is 2.04. The minimum Gasteiger partial charge on any atom is -0.462 e. The van der Waals surface area contributed by atoms with Crippen molar-refractivity contribution < 1.29 is 19.1 Å². The molecular weight excluding hydrogens is 276 g/mol. The van der Waals surface area contributed by atoms with Gasteiger partial charge in [-0.25, -0.2) is 9.59 Å². The van der Waals surface area contributed by atoms with Crippen molar-refractivity contribution in [2.75, 3.05) is 6.61 Å². The van der Waals surface area contributed by atoms with Crippen molar-refractivity contribution >= 4 is 27.9 Å². The van der Waals surface area contributed by atoms with Gasteiger partial charge in [-0.1, -0.05) is 6.07 Å². The quantitative estimate of drug-likeness (QED) is 0.618. The van der Waals surface area contributed by atoms with E-state index in [1.807, 2.05) is 0 Å². The minimum absolute atomic E-state index is 0.307. The van der Waals surface area contributed by atoms with E-state index in [2.05, 4.69) is 15.9 Å². The van der Waals surface area contributed by atoms with E-state index in [0.29, 0.717) is 17.7 Å². The maximum absolute atomic E-state index is 11.4. The number of carbonyl (C=O) groups excluding carboxylic acids is 2. The second kappa shape index (κ2) is 4.25. The van der Waals surface area contributed by atoms with Crippen LogP contribution < -0.4 is 0 Å². The average Bonchev–Trinajstić information content (AvgIpc) is 2.55. The number of halogens is 1. The van der Waals surface area contributed by atoms with Crippen molar-refractivity contribution in [3.63, 3.8) is 0 Å². The van der Waals surface area contributed by atoms with Crippen LogP contribution in [-0.4, -0.2) is 18.5 Å². The molecule has 1 aliphatic heterocycles. The normalized spacial score (nSPS) is 17.9. The number of fused-ring (bicyclic) bond motifs is 1. The fourth-order valence-corrected chi connectivity index (χ4v) is 2.06. The van der Waals surface area contributed by atoms with Gasteiger partial charge in [0.2, 0.25) is 0 Å². The largest absolute Gasteiger partial charge is 0.462 e. The molecule has 0 aromatic heterocycles. The van der Waals surface area contributed by atoms with Gasteiger partial charge >= 0.3 is 11.9 Å².